The highest BCUT2D eigenvalue weighted by molar-refractivity contribution is 7.84. The number of nitrogen functional groups attached to an aromatic ring is 1. The molecule has 1 atom stereocenters. The van der Waals surface area contributed by atoms with Crippen LogP contribution in [0.1, 0.15) is 12.8 Å². The first kappa shape index (κ1) is 10.5. The highest BCUT2D eigenvalue weighted by Gasteiger charge is 2.15. The first-order valence-electron chi connectivity index (χ1n) is 5.23. The SMILES string of the molecule is C[SH+](=O)c1cc(N)cc(N2CCCC2)c1. The number of benzene rings is 1. The first-order valence-corrected chi connectivity index (χ1v) is 6.94. The Kier molecular flexibility index (Phi) is 2.95. The second-order valence-corrected chi connectivity index (χ2v) is 5.49. The van der Waals surface area contributed by atoms with Gasteiger partial charge in [-0.1, -0.05) is 0 Å². The fourth-order valence-corrected chi connectivity index (χ4v) is 2.60. The second kappa shape index (κ2) is 4.23. The molecule has 2 N–H and O–H groups in total. The van der Waals surface area contributed by atoms with E-state index in [9.17, 15) is 4.21 Å². The van der Waals surface area contributed by atoms with Gasteiger partial charge in [-0.2, -0.15) is 0 Å². The molecule has 1 fully saturated rings. The number of nitrogens with zero attached hydrogens (tertiary/aromatic N) is 1. The monoisotopic (exact) mass is 225 g/mol. The Hall–Kier alpha value is -1.03. The minimum atomic E-state index is -1.30. The van der Waals surface area contributed by atoms with Crippen LogP contribution in [0.25, 0.3) is 0 Å². The maximum atomic E-state index is 11.4. The van der Waals surface area contributed by atoms with E-state index < -0.39 is 10.8 Å². The van der Waals surface area contributed by atoms with E-state index in [4.69, 9.17) is 5.73 Å². The summed E-state index contributed by atoms with van der Waals surface area (Å²) < 4.78 is 11.4. The summed E-state index contributed by atoms with van der Waals surface area (Å²) in [6, 6.07) is 5.77. The van der Waals surface area contributed by atoms with Crippen molar-refractivity contribution in [2.45, 2.75) is 17.7 Å². The summed E-state index contributed by atoms with van der Waals surface area (Å²) >= 11 is 0. The van der Waals surface area contributed by atoms with Gasteiger partial charge in [-0.15, -0.1) is 4.21 Å². The van der Waals surface area contributed by atoms with Crippen LogP contribution in [0, 0.1) is 0 Å². The highest BCUT2D eigenvalue weighted by atomic mass is 32.2. The molecule has 1 aromatic rings. The molecule has 0 radical (unpaired) electrons. The molecule has 0 saturated carbocycles. The molecule has 15 heavy (non-hydrogen) atoms. The Bertz CT molecular complexity index is 386. The van der Waals surface area contributed by atoms with Crippen LogP contribution in [-0.4, -0.2) is 19.3 Å². The summed E-state index contributed by atoms with van der Waals surface area (Å²) in [6.45, 7) is 2.17. The smallest absolute Gasteiger partial charge is 0.159 e. The van der Waals surface area contributed by atoms with E-state index in [2.05, 4.69) is 4.90 Å². The predicted molar refractivity (Wildman–Crippen MR) is 65.9 cm³/mol. The fraction of sp³-hybridized carbons (Fsp3) is 0.455. The van der Waals surface area contributed by atoms with Gasteiger partial charge in [0, 0.05) is 36.6 Å². The van der Waals surface area contributed by atoms with E-state index in [0.29, 0.717) is 5.69 Å². The zero-order valence-corrected chi connectivity index (χ0v) is 9.83. The lowest BCUT2D eigenvalue weighted by molar-refractivity contribution is 0.598. The lowest BCUT2D eigenvalue weighted by Crippen LogP contribution is -2.17. The molecule has 0 bridgehead atoms. The topological polar surface area (TPSA) is 46.3 Å². The van der Waals surface area contributed by atoms with E-state index in [0.717, 1.165) is 23.7 Å². The van der Waals surface area contributed by atoms with Crippen molar-refractivity contribution in [3.8, 4) is 0 Å². The van der Waals surface area contributed by atoms with Crippen molar-refractivity contribution in [1.29, 1.82) is 0 Å². The van der Waals surface area contributed by atoms with Crippen molar-refractivity contribution in [3.63, 3.8) is 0 Å². The van der Waals surface area contributed by atoms with Gasteiger partial charge in [0.05, 0.1) is 0 Å². The zero-order valence-electron chi connectivity index (χ0n) is 8.94. The predicted octanol–water partition coefficient (Wildman–Crippen LogP) is 1.55. The number of thiol groups is 1. The standard InChI is InChI=1S/C11H16N2OS/c1-15(14)11-7-9(12)6-10(8-11)13-4-2-3-5-13/h6-8H,2-5,12H2,1H3/p+1. The summed E-state index contributed by atoms with van der Waals surface area (Å²) in [7, 11) is -1.30. The highest BCUT2D eigenvalue weighted by Crippen LogP contribution is 2.25. The van der Waals surface area contributed by atoms with E-state index in [1.807, 2.05) is 12.1 Å². The lowest BCUT2D eigenvalue weighted by Gasteiger charge is -2.17. The van der Waals surface area contributed by atoms with Gasteiger partial charge < -0.3 is 10.6 Å². The molecule has 0 aliphatic carbocycles. The van der Waals surface area contributed by atoms with Crippen LogP contribution in [0.4, 0.5) is 11.4 Å². The number of rotatable bonds is 2. The molecule has 3 nitrogen and oxygen atoms in total. The molecular weight excluding hydrogens is 208 g/mol. The third kappa shape index (κ3) is 2.31. The molecule has 1 heterocycles. The largest absolute Gasteiger partial charge is 0.399 e. The maximum absolute atomic E-state index is 11.4. The number of anilines is 2. The van der Waals surface area contributed by atoms with Crippen molar-refractivity contribution in [2.24, 2.45) is 0 Å². The van der Waals surface area contributed by atoms with Crippen LogP contribution in [0.5, 0.6) is 0 Å². The molecule has 1 aliphatic heterocycles. The van der Waals surface area contributed by atoms with Crippen LogP contribution in [0.3, 0.4) is 0 Å². The third-order valence-corrected chi connectivity index (χ3v) is 3.75. The van der Waals surface area contributed by atoms with Gasteiger partial charge in [0.1, 0.15) is 17.1 Å². The van der Waals surface area contributed by atoms with E-state index in [1.165, 1.54) is 12.8 Å². The van der Waals surface area contributed by atoms with E-state index in [1.54, 1.807) is 12.3 Å². The molecule has 0 aromatic heterocycles. The fourth-order valence-electron chi connectivity index (χ4n) is 1.96. The summed E-state index contributed by atoms with van der Waals surface area (Å²) in [5.41, 5.74) is 7.64. The molecule has 1 saturated heterocycles. The Morgan fingerprint density at radius 1 is 1.27 bits per heavy atom. The molecular formula is C11H17N2OS+. The molecule has 1 unspecified atom stereocenters. The summed E-state index contributed by atoms with van der Waals surface area (Å²) in [6.07, 6.45) is 4.20. The minimum absolute atomic E-state index is 0.708. The molecule has 4 heteroatoms. The van der Waals surface area contributed by atoms with Gasteiger partial charge in [0.15, 0.2) is 4.90 Å². The molecule has 1 aliphatic rings. The molecule has 2 rings (SSSR count). The van der Waals surface area contributed by atoms with Gasteiger partial charge in [0.25, 0.3) is 0 Å². The van der Waals surface area contributed by atoms with Crippen molar-refractivity contribution in [1.82, 2.24) is 0 Å². The Morgan fingerprint density at radius 2 is 1.93 bits per heavy atom. The Balaban J connectivity index is 2.34. The normalized spacial score (nSPS) is 18.1. The summed E-state index contributed by atoms with van der Waals surface area (Å²) in [4.78, 5) is 3.16. The van der Waals surface area contributed by atoms with E-state index in [-0.39, 0.29) is 0 Å². The van der Waals surface area contributed by atoms with Crippen LogP contribution < -0.4 is 10.6 Å². The zero-order chi connectivity index (χ0) is 10.8. The average molecular weight is 225 g/mol. The van der Waals surface area contributed by atoms with Crippen LogP contribution in [0.15, 0.2) is 23.1 Å². The van der Waals surface area contributed by atoms with Crippen LogP contribution >= 0.6 is 0 Å². The lowest BCUT2D eigenvalue weighted by atomic mass is 10.2. The van der Waals surface area contributed by atoms with Crippen molar-refractivity contribution in [2.75, 3.05) is 30.0 Å². The molecule has 0 spiro atoms. The summed E-state index contributed by atoms with van der Waals surface area (Å²) in [5, 5.41) is 0. The number of nitrogens with two attached hydrogens (primary N) is 1. The van der Waals surface area contributed by atoms with Gasteiger partial charge in [-0.3, -0.25) is 0 Å². The number of hydrogen-bond donors (Lipinski definition) is 1. The van der Waals surface area contributed by atoms with Crippen LogP contribution in [0.2, 0.25) is 0 Å². The molecule has 1 aromatic carbocycles. The van der Waals surface area contributed by atoms with Gasteiger partial charge in [0.2, 0.25) is 0 Å². The van der Waals surface area contributed by atoms with Crippen molar-refractivity contribution < 1.29 is 4.21 Å². The van der Waals surface area contributed by atoms with Crippen molar-refractivity contribution >= 4 is 22.2 Å². The minimum Gasteiger partial charge on any atom is -0.399 e. The second-order valence-electron chi connectivity index (χ2n) is 3.97. The van der Waals surface area contributed by atoms with Gasteiger partial charge in [-0.25, -0.2) is 0 Å². The Morgan fingerprint density at radius 3 is 2.53 bits per heavy atom. The van der Waals surface area contributed by atoms with Crippen molar-refractivity contribution in [3.05, 3.63) is 18.2 Å². The average Bonchev–Trinajstić information content (AvgIpc) is 2.69. The maximum Gasteiger partial charge on any atom is 0.159 e. The first-order chi connectivity index (χ1) is 7.16. The number of hydrogen-bond acceptors (Lipinski definition) is 3. The summed E-state index contributed by atoms with van der Waals surface area (Å²) in [5.74, 6) is 0. The van der Waals surface area contributed by atoms with Crippen LogP contribution in [-0.2, 0) is 15.0 Å². The Labute approximate surface area is 92.7 Å². The third-order valence-electron chi connectivity index (χ3n) is 2.76. The van der Waals surface area contributed by atoms with Gasteiger partial charge in [-0.05, 0) is 18.9 Å². The quantitative estimate of drug-likeness (QED) is 0.472. The molecule has 82 valence electrons. The molecule has 0 amide bonds. The van der Waals surface area contributed by atoms with Gasteiger partial charge >= 0.3 is 0 Å². The van der Waals surface area contributed by atoms with E-state index >= 15 is 0 Å².